The molecular weight excluding hydrogens is 246 g/mol. The Bertz CT molecular complexity index is 369. The van der Waals surface area contributed by atoms with Crippen LogP contribution < -0.4 is 5.32 Å². The van der Waals surface area contributed by atoms with Crippen LogP contribution in [0.2, 0.25) is 0 Å². The van der Waals surface area contributed by atoms with Crippen LogP contribution in [0.25, 0.3) is 0 Å². The van der Waals surface area contributed by atoms with Gasteiger partial charge in [0.15, 0.2) is 9.84 Å². The van der Waals surface area contributed by atoms with Crippen LogP contribution in [-0.2, 0) is 9.84 Å². The molecule has 0 aromatic carbocycles. The molecule has 0 unspecified atom stereocenters. The zero-order valence-corrected chi connectivity index (χ0v) is 12.7. The van der Waals surface area contributed by atoms with Crippen molar-refractivity contribution in [2.45, 2.75) is 50.7 Å². The van der Waals surface area contributed by atoms with Crippen LogP contribution in [-0.4, -0.2) is 32.5 Å². The predicted octanol–water partition coefficient (Wildman–Crippen LogP) is 2.54. The molecule has 0 fully saturated rings. The Morgan fingerprint density at radius 1 is 1.28 bits per heavy atom. The summed E-state index contributed by atoms with van der Waals surface area (Å²) >= 11 is 0. The van der Waals surface area contributed by atoms with E-state index in [9.17, 15) is 8.42 Å². The van der Waals surface area contributed by atoms with Crippen molar-refractivity contribution in [1.29, 1.82) is 0 Å². The van der Waals surface area contributed by atoms with Gasteiger partial charge in [-0.2, -0.15) is 0 Å². The van der Waals surface area contributed by atoms with E-state index in [4.69, 9.17) is 0 Å². The lowest BCUT2D eigenvalue weighted by atomic mass is 9.94. The second-order valence-corrected chi connectivity index (χ2v) is 7.85. The Kier molecular flexibility index (Phi) is 5.86. The van der Waals surface area contributed by atoms with Gasteiger partial charge in [0.1, 0.15) is 0 Å². The molecule has 0 saturated heterocycles. The Labute approximate surface area is 112 Å². The molecule has 0 radical (unpaired) electrons. The standard InChI is InChI=1S/C14H27NO2S/c1-4-14(5-2,18(3,16)17)12-15-11-13-9-7-6-8-10-13/h6-7,13,15H,4-5,8-12H2,1-3H3/t13-/m0/s1. The molecule has 0 bridgehead atoms. The second kappa shape index (κ2) is 6.71. The SMILES string of the molecule is CCC(CC)(CNC[C@H]1CC=CCC1)S(C)(=O)=O. The van der Waals surface area contributed by atoms with E-state index >= 15 is 0 Å². The number of nitrogens with one attached hydrogen (secondary N) is 1. The maximum absolute atomic E-state index is 11.9. The largest absolute Gasteiger partial charge is 0.315 e. The molecule has 106 valence electrons. The van der Waals surface area contributed by atoms with E-state index in [0.29, 0.717) is 25.3 Å². The van der Waals surface area contributed by atoms with Gasteiger partial charge in [-0.1, -0.05) is 26.0 Å². The summed E-state index contributed by atoms with van der Waals surface area (Å²) in [5.41, 5.74) is 0. The lowest BCUT2D eigenvalue weighted by molar-refractivity contribution is 0.399. The monoisotopic (exact) mass is 273 g/mol. The van der Waals surface area contributed by atoms with Crippen LogP contribution in [0.1, 0.15) is 46.0 Å². The first-order valence-electron chi connectivity index (χ1n) is 7.00. The predicted molar refractivity (Wildman–Crippen MR) is 77.5 cm³/mol. The number of hydrogen-bond donors (Lipinski definition) is 1. The van der Waals surface area contributed by atoms with E-state index in [1.807, 2.05) is 13.8 Å². The summed E-state index contributed by atoms with van der Waals surface area (Å²) in [5, 5.41) is 3.39. The molecule has 1 aliphatic carbocycles. The molecule has 0 heterocycles. The van der Waals surface area contributed by atoms with Gasteiger partial charge in [0, 0.05) is 12.8 Å². The first kappa shape index (κ1) is 15.7. The molecule has 0 saturated carbocycles. The van der Waals surface area contributed by atoms with Crippen LogP contribution in [0.15, 0.2) is 12.2 Å². The van der Waals surface area contributed by atoms with Crippen molar-refractivity contribution in [1.82, 2.24) is 5.32 Å². The molecule has 0 aromatic rings. The summed E-state index contributed by atoms with van der Waals surface area (Å²) in [6, 6.07) is 0. The Morgan fingerprint density at radius 2 is 1.94 bits per heavy atom. The van der Waals surface area contributed by atoms with Gasteiger partial charge in [0.05, 0.1) is 4.75 Å². The zero-order chi connectivity index (χ0) is 13.6. The highest BCUT2D eigenvalue weighted by atomic mass is 32.2. The quantitative estimate of drug-likeness (QED) is 0.725. The summed E-state index contributed by atoms with van der Waals surface area (Å²) in [5.74, 6) is 0.668. The van der Waals surface area contributed by atoms with Crippen molar-refractivity contribution in [2.75, 3.05) is 19.3 Å². The molecule has 1 aliphatic rings. The van der Waals surface area contributed by atoms with Gasteiger partial charge in [0.25, 0.3) is 0 Å². The molecule has 0 amide bonds. The van der Waals surface area contributed by atoms with Crippen molar-refractivity contribution >= 4 is 9.84 Å². The summed E-state index contributed by atoms with van der Waals surface area (Å²) in [6.07, 6.45) is 10.7. The lowest BCUT2D eigenvalue weighted by Crippen LogP contribution is -2.47. The van der Waals surface area contributed by atoms with Crippen molar-refractivity contribution in [3.63, 3.8) is 0 Å². The van der Waals surface area contributed by atoms with Crippen LogP contribution in [0.4, 0.5) is 0 Å². The molecule has 1 atom stereocenters. The molecular formula is C14H27NO2S. The summed E-state index contributed by atoms with van der Waals surface area (Å²) in [4.78, 5) is 0. The van der Waals surface area contributed by atoms with Gasteiger partial charge < -0.3 is 5.32 Å². The van der Waals surface area contributed by atoms with E-state index in [1.165, 1.54) is 12.7 Å². The van der Waals surface area contributed by atoms with Gasteiger partial charge >= 0.3 is 0 Å². The third kappa shape index (κ3) is 3.82. The van der Waals surface area contributed by atoms with E-state index in [2.05, 4.69) is 17.5 Å². The Balaban J connectivity index is 2.50. The highest BCUT2D eigenvalue weighted by Crippen LogP contribution is 2.25. The lowest BCUT2D eigenvalue weighted by Gasteiger charge is -2.31. The number of sulfone groups is 1. The highest BCUT2D eigenvalue weighted by molar-refractivity contribution is 7.92. The molecule has 0 aliphatic heterocycles. The average Bonchev–Trinajstić information content (AvgIpc) is 2.35. The maximum Gasteiger partial charge on any atom is 0.154 e. The smallest absolute Gasteiger partial charge is 0.154 e. The van der Waals surface area contributed by atoms with Crippen molar-refractivity contribution in [2.24, 2.45) is 5.92 Å². The minimum absolute atomic E-state index is 0.582. The Hall–Kier alpha value is -0.350. The second-order valence-electron chi connectivity index (χ2n) is 5.44. The van der Waals surface area contributed by atoms with Crippen molar-refractivity contribution in [3.05, 3.63) is 12.2 Å². The van der Waals surface area contributed by atoms with E-state index < -0.39 is 14.6 Å². The normalized spacial score (nSPS) is 21.2. The number of hydrogen-bond acceptors (Lipinski definition) is 3. The summed E-state index contributed by atoms with van der Waals surface area (Å²) in [7, 11) is -3.01. The molecule has 4 heteroatoms. The fourth-order valence-electron chi connectivity index (χ4n) is 2.70. The van der Waals surface area contributed by atoms with Gasteiger partial charge in [0.2, 0.25) is 0 Å². The number of allylic oxidation sites excluding steroid dienone is 2. The van der Waals surface area contributed by atoms with Crippen LogP contribution in [0, 0.1) is 5.92 Å². The molecule has 1 N–H and O–H groups in total. The third-order valence-corrected chi connectivity index (χ3v) is 6.63. The first-order valence-corrected chi connectivity index (χ1v) is 8.89. The van der Waals surface area contributed by atoms with Crippen LogP contribution in [0.3, 0.4) is 0 Å². The fourth-order valence-corrected chi connectivity index (χ4v) is 4.11. The first-order chi connectivity index (χ1) is 8.45. The van der Waals surface area contributed by atoms with Gasteiger partial charge in [-0.3, -0.25) is 0 Å². The fraction of sp³-hybridized carbons (Fsp3) is 0.857. The van der Waals surface area contributed by atoms with Gasteiger partial charge in [-0.05, 0) is 44.6 Å². The van der Waals surface area contributed by atoms with Gasteiger partial charge in [-0.25, -0.2) is 8.42 Å². The minimum Gasteiger partial charge on any atom is -0.315 e. The Morgan fingerprint density at radius 3 is 2.39 bits per heavy atom. The highest BCUT2D eigenvalue weighted by Gasteiger charge is 2.36. The van der Waals surface area contributed by atoms with Crippen LogP contribution >= 0.6 is 0 Å². The topological polar surface area (TPSA) is 46.2 Å². The van der Waals surface area contributed by atoms with Crippen molar-refractivity contribution < 1.29 is 8.42 Å². The molecule has 1 rings (SSSR count). The molecule has 0 aromatic heterocycles. The van der Waals surface area contributed by atoms with Crippen molar-refractivity contribution in [3.8, 4) is 0 Å². The summed E-state index contributed by atoms with van der Waals surface area (Å²) < 4.78 is 23.3. The van der Waals surface area contributed by atoms with E-state index in [-0.39, 0.29) is 0 Å². The molecule has 0 spiro atoms. The minimum atomic E-state index is -3.01. The average molecular weight is 273 g/mol. The van der Waals surface area contributed by atoms with Gasteiger partial charge in [-0.15, -0.1) is 0 Å². The van der Waals surface area contributed by atoms with E-state index in [0.717, 1.165) is 19.4 Å². The zero-order valence-electron chi connectivity index (χ0n) is 11.9. The molecule has 18 heavy (non-hydrogen) atoms. The third-order valence-electron chi connectivity index (χ3n) is 4.33. The van der Waals surface area contributed by atoms with Crippen LogP contribution in [0.5, 0.6) is 0 Å². The number of rotatable bonds is 7. The molecule has 3 nitrogen and oxygen atoms in total. The maximum atomic E-state index is 11.9. The van der Waals surface area contributed by atoms with E-state index in [1.54, 1.807) is 0 Å². The summed E-state index contributed by atoms with van der Waals surface area (Å²) in [6.45, 7) is 5.45.